The molecule has 1 aromatic carbocycles. The van der Waals surface area contributed by atoms with Crippen molar-refractivity contribution in [3.63, 3.8) is 0 Å². The molecule has 0 radical (unpaired) electrons. The van der Waals surface area contributed by atoms with E-state index in [9.17, 15) is 13.2 Å². The molecule has 0 amide bonds. The third kappa shape index (κ3) is 6.25. The van der Waals surface area contributed by atoms with Crippen molar-refractivity contribution in [3.8, 4) is 5.75 Å². The van der Waals surface area contributed by atoms with E-state index < -0.39 is 6.36 Å². The zero-order valence-corrected chi connectivity index (χ0v) is 11.7. The summed E-state index contributed by atoms with van der Waals surface area (Å²) < 4.78 is 45.9. The van der Waals surface area contributed by atoms with E-state index in [1.165, 1.54) is 12.1 Å². The zero-order valence-electron chi connectivity index (χ0n) is 11.7. The number of hydrogen-bond donors (Lipinski definition) is 1. The fourth-order valence-electron chi connectivity index (χ4n) is 1.91. The second-order valence-corrected chi connectivity index (χ2v) is 4.22. The van der Waals surface area contributed by atoms with Gasteiger partial charge in [-0.05, 0) is 37.6 Å². The Bertz CT molecular complexity index is 396. The van der Waals surface area contributed by atoms with E-state index >= 15 is 0 Å². The molecule has 1 rings (SSSR count). The van der Waals surface area contributed by atoms with Crippen molar-refractivity contribution in [2.75, 3.05) is 19.8 Å². The molecule has 6 heteroatoms. The van der Waals surface area contributed by atoms with Gasteiger partial charge in [0.05, 0.1) is 0 Å². The molecule has 0 aliphatic rings. The topological polar surface area (TPSA) is 30.5 Å². The average molecular weight is 291 g/mol. The van der Waals surface area contributed by atoms with Crippen LogP contribution in [0.5, 0.6) is 5.75 Å². The second-order valence-electron chi connectivity index (χ2n) is 4.22. The summed E-state index contributed by atoms with van der Waals surface area (Å²) in [4.78, 5) is 0. The fraction of sp³-hybridized carbons (Fsp3) is 0.571. The summed E-state index contributed by atoms with van der Waals surface area (Å²) in [6.45, 7) is 5.75. The summed E-state index contributed by atoms with van der Waals surface area (Å²) in [5.74, 6) is -0.200. The van der Waals surface area contributed by atoms with E-state index in [1.807, 2.05) is 13.8 Å². The highest BCUT2D eigenvalue weighted by Crippen LogP contribution is 2.26. The molecular weight excluding hydrogens is 271 g/mol. The molecule has 3 nitrogen and oxygen atoms in total. The van der Waals surface area contributed by atoms with Gasteiger partial charge in [0, 0.05) is 19.3 Å². The minimum absolute atomic E-state index is 0.0525. The van der Waals surface area contributed by atoms with E-state index in [0.717, 1.165) is 12.1 Å². The van der Waals surface area contributed by atoms with Crippen LogP contribution >= 0.6 is 0 Å². The van der Waals surface area contributed by atoms with Crippen LogP contribution in [0.25, 0.3) is 0 Å². The molecule has 1 N–H and O–H groups in total. The van der Waals surface area contributed by atoms with Crippen LogP contribution in [0.4, 0.5) is 13.2 Å². The first-order chi connectivity index (χ1) is 9.46. The molecule has 20 heavy (non-hydrogen) atoms. The highest BCUT2D eigenvalue weighted by atomic mass is 19.4. The molecule has 0 aromatic heterocycles. The van der Waals surface area contributed by atoms with E-state index in [4.69, 9.17) is 4.74 Å². The summed E-state index contributed by atoms with van der Waals surface area (Å²) in [6, 6.07) is 5.99. The van der Waals surface area contributed by atoms with Gasteiger partial charge in [0.15, 0.2) is 0 Å². The van der Waals surface area contributed by atoms with E-state index in [0.29, 0.717) is 19.6 Å². The minimum atomic E-state index is -4.67. The molecule has 0 aliphatic carbocycles. The van der Waals surface area contributed by atoms with Gasteiger partial charge >= 0.3 is 6.36 Å². The summed E-state index contributed by atoms with van der Waals surface area (Å²) >= 11 is 0. The number of nitrogens with one attached hydrogen (secondary N) is 1. The Hall–Kier alpha value is -1.27. The quantitative estimate of drug-likeness (QED) is 0.741. The Labute approximate surface area is 117 Å². The van der Waals surface area contributed by atoms with Crippen molar-refractivity contribution in [2.24, 2.45) is 0 Å². The molecule has 0 aliphatic heterocycles. The Balaban J connectivity index is 2.76. The van der Waals surface area contributed by atoms with Gasteiger partial charge in [-0.25, -0.2) is 0 Å². The van der Waals surface area contributed by atoms with Gasteiger partial charge in [0.1, 0.15) is 5.75 Å². The van der Waals surface area contributed by atoms with Gasteiger partial charge in [-0.15, -0.1) is 13.2 Å². The van der Waals surface area contributed by atoms with Crippen molar-refractivity contribution < 1.29 is 22.6 Å². The highest BCUT2D eigenvalue weighted by molar-refractivity contribution is 5.30. The second kappa shape index (κ2) is 8.11. The number of rotatable bonds is 8. The van der Waals surface area contributed by atoms with E-state index in [2.05, 4.69) is 10.1 Å². The SMILES string of the molecule is CCNC(CCOCC)c1cccc(OC(F)(F)F)c1. The molecule has 0 bridgehead atoms. The van der Waals surface area contributed by atoms with Crippen LogP contribution in [0.3, 0.4) is 0 Å². The molecule has 0 heterocycles. The van der Waals surface area contributed by atoms with Crippen LogP contribution in [0.1, 0.15) is 31.9 Å². The highest BCUT2D eigenvalue weighted by Gasteiger charge is 2.31. The van der Waals surface area contributed by atoms with Crippen molar-refractivity contribution in [3.05, 3.63) is 29.8 Å². The first-order valence-corrected chi connectivity index (χ1v) is 6.63. The van der Waals surface area contributed by atoms with Crippen LogP contribution in [-0.4, -0.2) is 26.1 Å². The van der Waals surface area contributed by atoms with Crippen molar-refractivity contribution >= 4 is 0 Å². The maximum absolute atomic E-state index is 12.2. The van der Waals surface area contributed by atoms with Gasteiger partial charge in [0.2, 0.25) is 0 Å². The average Bonchev–Trinajstić information content (AvgIpc) is 2.36. The maximum Gasteiger partial charge on any atom is 0.573 e. The first-order valence-electron chi connectivity index (χ1n) is 6.63. The Morgan fingerprint density at radius 3 is 2.60 bits per heavy atom. The predicted octanol–water partition coefficient (Wildman–Crippen LogP) is 3.66. The minimum Gasteiger partial charge on any atom is -0.406 e. The number of benzene rings is 1. The standard InChI is InChI=1S/C14H20F3NO2/c1-3-18-13(8-9-19-4-2)11-6-5-7-12(10-11)20-14(15,16)17/h5-7,10,13,18H,3-4,8-9H2,1-2H3. The lowest BCUT2D eigenvalue weighted by molar-refractivity contribution is -0.274. The Kier molecular flexibility index (Phi) is 6.81. The van der Waals surface area contributed by atoms with Crippen LogP contribution < -0.4 is 10.1 Å². The zero-order chi connectivity index (χ0) is 15.0. The summed E-state index contributed by atoms with van der Waals surface area (Å²) in [5, 5.41) is 3.23. The van der Waals surface area contributed by atoms with Gasteiger partial charge < -0.3 is 14.8 Å². The lowest BCUT2D eigenvalue weighted by Gasteiger charge is -2.19. The monoisotopic (exact) mass is 291 g/mol. The normalized spacial score (nSPS) is 13.2. The van der Waals surface area contributed by atoms with Crippen LogP contribution in [0, 0.1) is 0 Å². The largest absolute Gasteiger partial charge is 0.573 e. The molecule has 0 saturated carbocycles. The third-order valence-electron chi connectivity index (χ3n) is 2.70. The number of halogens is 3. The van der Waals surface area contributed by atoms with Crippen molar-refractivity contribution in [1.82, 2.24) is 5.32 Å². The third-order valence-corrected chi connectivity index (χ3v) is 2.70. The number of hydrogen-bond acceptors (Lipinski definition) is 3. The summed E-state index contributed by atoms with van der Waals surface area (Å²) in [5.41, 5.74) is 0.758. The Morgan fingerprint density at radius 1 is 1.25 bits per heavy atom. The van der Waals surface area contributed by atoms with E-state index in [1.54, 1.807) is 12.1 Å². The van der Waals surface area contributed by atoms with Gasteiger partial charge in [-0.2, -0.15) is 0 Å². The maximum atomic E-state index is 12.2. The summed E-state index contributed by atoms with van der Waals surface area (Å²) in [6.07, 6.45) is -3.98. The van der Waals surface area contributed by atoms with Gasteiger partial charge in [-0.3, -0.25) is 0 Å². The van der Waals surface area contributed by atoms with Crippen molar-refractivity contribution in [2.45, 2.75) is 32.7 Å². The molecule has 1 aromatic rings. The Morgan fingerprint density at radius 2 is 2.00 bits per heavy atom. The first kappa shape index (κ1) is 16.8. The molecular formula is C14H20F3NO2. The number of ether oxygens (including phenoxy) is 2. The molecule has 1 atom stereocenters. The van der Waals surface area contributed by atoms with Gasteiger partial charge in [0.25, 0.3) is 0 Å². The van der Waals surface area contributed by atoms with Crippen LogP contribution in [0.2, 0.25) is 0 Å². The molecule has 0 spiro atoms. The lowest BCUT2D eigenvalue weighted by atomic mass is 10.0. The van der Waals surface area contributed by atoms with Crippen LogP contribution in [0.15, 0.2) is 24.3 Å². The predicted molar refractivity (Wildman–Crippen MR) is 70.7 cm³/mol. The van der Waals surface area contributed by atoms with E-state index in [-0.39, 0.29) is 11.8 Å². The lowest BCUT2D eigenvalue weighted by Crippen LogP contribution is -2.23. The molecule has 0 fully saturated rings. The fourth-order valence-corrected chi connectivity index (χ4v) is 1.91. The summed E-state index contributed by atoms with van der Waals surface area (Å²) in [7, 11) is 0. The van der Waals surface area contributed by atoms with Crippen molar-refractivity contribution in [1.29, 1.82) is 0 Å². The van der Waals surface area contributed by atoms with Gasteiger partial charge in [-0.1, -0.05) is 19.1 Å². The molecule has 1 unspecified atom stereocenters. The molecule has 0 saturated heterocycles. The van der Waals surface area contributed by atoms with Crippen LogP contribution in [-0.2, 0) is 4.74 Å². The molecule has 114 valence electrons. The smallest absolute Gasteiger partial charge is 0.406 e. The number of alkyl halides is 3.